The maximum Gasteiger partial charge on any atom is 0.321 e. The lowest BCUT2D eigenvalue weighted by Gasteiger charge is -2.16. The van der Waals surface area contributed by atoms with Crippen molar-refractivity contribution in [1.82, 2.24) is 10.6 Å². The van der Waals surface area contributed by atoms with Crippen LogP contribution in [0.25, 0.3) is 0 Å². The van der Waals surface area contributed by atoms with Gasteiger partial charge in [-0.3, -0.25) is 10.1 Å². The van der Waals surface area contributed by atoms with Crippen molar-refractivity contribution < 1.29 is 9.59 Å². The molecule has 5 nitrogen and oxygen atoms in total. The molecular weight excluding hydrogens is 266 g/mol. The lowest BCUT2D eigenvalue weighted by atomic mass is 10.1. The van der Waals surface area contributed by atoms with Gasteiger partial charge in [0.25, 0.3) is 0 Å². The summed E-state index contributed by atoms with van der Waals surface area (Å²) >= 11 is 0. The number of rotatable bonds is 5. The molecule has 0 heterocycles. The van der Waals surface area contributed by atoms with E-state index in [1.807, 2.05) is 39.8 Å². The van der Waals surface area contributed by atoms with Gasteiger partial charge in [0.2, 0.25) is 5.91 Å². The van der Waals surface area contributed by atoms with Crippen LogP contribution in [0.4, 0.5) is 10.5 Å². The molecule has 1 aromatic carbocycles. The maximum absolute atomic E-state index is 11.9. The highest BCUT2D eigenvalue weighted by molar-refractivity contribution is 5.97. The second kappa shape index (κ2) is 7.67. The van der Waals surface area contributed by atoms with Gasteiger partial charge in [-0.15, -0.1) is 0 Å². The molecule has 0 fully saturated rings. The monoisotopic (exact) mass is 291 g/mol. The summed E-state index contributed by atoms with van der Waals surface area (Å²) in [6.07, 6.45) is 0. The van der Waals surface area contributed by atoms with Crippen molar-refractivity contribution in [1.29, 1.82) is 0 Å². The smallest absolute Gasteiger partial charge is 0.321 e. The lowest BCUT2D eigenvalue weighted by molar-refractivity contribution is -0.120. The number of benzene rings is 1. The maximum atomic E-state index is 11.9. The van der Waals surface area contributed by atoms with Gasteiger partial charge in [-0.2, -0.15) is 0 Å². The Morgan fingerprint density at radius 1 is 1.05 bits per heavy atom. The highest BCUT2D eigenvalue weighted by Crippen LogP contribution is 2.14. The topological polar surface area (TPSA) is 70.2 Å². The predicted octanol–water partition coefficient (Wildman–Crippen LogP) is 2.59. The summed E-state index contributed by atoms with van der Waals surface area (Å²) in [5.74, 6) is -0.00733. The zero-order valence-electron chi connectivity index (χ0n) is 13.4. The van der Waals surface area contributed by atoms with Gasteiger partial charge >= 0.3 is 6.03 Å². The van der Waals surface area contributed by atoms with Crippen molar-refractivity contribution >= 4 is 17.6 Å². The van der Waals surface area contributed by atoms with Gasteiger partial charge in [0.15, 0.2) is 0 Å². The first-order valence-electron chi connectivity index (χ1n) is 7.21. The molecule has 0 saturated heterocycles. The fraction of sp³-hybridized carbons (Fsp3) is 0.500. The minimum Gasteiger partial charge on any atom is -0.374 e. The van der Waals surface area contributed by atoms with Crippen molar-refractivity contribution in [3.8, 4) is 0 Å². The van der Waals surface area contributed by atoms with E-state index in [-0.39, 0.29) is 5.91 Å². The molecule has 0 aliphatic rings. The standard InChI is InChI=1S/C16H25N3O2/c1-10(2)9-17-16(21)19-15(20)13(5)18-14-7-11(3)6-12(4)8-14/h6-8,10,13,18H,9H2,1-5H3,(H2,17,19,20,21). The number of anilines is 1. The van der Waals surface area contributed by atoms with E-state index in [0.29, 0.717) is 12.5 Å². The lowest BCUT2D eigenvalue weighted by Crippen LogP contribution is -2.46. The molecule has 1 rings (SSSR count). The third kappa shape index (κ3) is 6.29. The minimum atomic E-state index is -0.490. The Bertz CT molecular complexity index is 492. The quantitative estimate of drug-likeness (QED) is 0.781. The Hall–Kier alpha value is -2.04. The number of carbonyl (C=O) groups is 2. The molecule has 0 aliphatic heterocycles. The SMILES string of the molecule is Cc1cc(C)cc(NC(C)C(=O)NC(=O)NCC(C)C)c1. The van der Waals surface area contributed by atoms with E-state index in [4.69, 9.17) is 0 Å². The van der Waals surface area contributed by atoms with Crippen LogP contribution in [0, 0.1) is 19.8 Å². The number of aryl methyl sites for hydroxylation is 2. The van der Waals surface area contributed by atoms with Gasteiger partial charge in [-0.1, -0.05) is 19.9 Å². The summed E-state index contributed by atoms with van der Waals surface area (Å²) in [5, 5.41) is 8.09. The van der Waals surface area contributed by atoms with Gasteiger partial charge in [-0.25, -0.2) is 4.79 Å². The number of imide groups is 1. The van der Waals surface area contributed by atoms with Gasteiger partial charge in [0.05, 0.1) is 0 Å². The molecule has 0 radical (unpaired) electrons. The summed E-state index contributed by atoms with van der Waals surface area (Å²) in [5.41, 5.74) is 3.12. The van der Waals surface area contributed by atoms with Crippen molar-refractivity contribution in [2.24, 2.45) is 5.92 Å². The van der Waals surface area contributed by atoms with Crippen LogP contribution in [-0.2, 0) is 4.79 Å². The molecule has 0 saturated carbocycles. The van der Waals surface area contributed by atoms with Gasteiger partial charge in [0.1, 0.15) is 6.04 Å². The normalized spacial score (nSPS) is 11.9. The number of amides is 3. The summed E-state index contributed by atoms with van der Waals surface area (Å²) in [7, 11) is 0. The minimum absolute atomic E-state index is 0.344. The Balaban J connectivity index is 2.52. The highest BCUT2D eigenvalue weighted by atomic mass is 16.2. The largest absolute Gasteiger partial charge is 0.374 e. The molecule has 3 N–H and O–H groups in total. The van der Waals surface area contributed by atoms with Crippen LogP contribution in [0.2, 0.25) is 0 Å². The van der Waals surface area contributed by atoms with E-state index in [0.717, 1.165) is 16.8 Å². The van der Waals surface area contributed by atoms with Gasteiger partial charge in [-0.05, 0) is 49.9 Å². The highest BCUT2D eigenvalue weighted by Gasteiger charge is 2.15. The van der Waals surface area contributed by atoms with E-state index >= 15 is 0 Å². The average Bonchev–Trinajstić information content (AvgIpc) is 2.34. The van der Waals surface area contributed by atoms with Crippen molar-refractivity contribution in [2.75, 3.05) is 11.9 Å². The fourth-order valence-corrected chi connectivity index (χ4v) is 1.93. The number of hydrogen-bond acceptors (Lipinski definition) is 3. The van der Waals surface area contributed by atoms with E-state index in [2.05, 4.69) is 22.0 Å². The van der Waals surface area contributed by atoms with Crippen LogP contribution in [0.3, 0.4) is 0 Å². The third-order valence-corrected chi connectivity index (χ3v) is 2.91. The van der Waals surface area contributed by atoms with Crippen LogP contribution in [0.15, 0.2) is 18.2 Å². The van der Waals surface area contributed by atoms with Crippen LogP contribution in [0.5, 0.6) is 0 Å². The molecule has 116 valence electrons. The van der Waals surface area contributed by atoms with Crippen molar-refractivity contribution in [3.05, 3.63) is 29.3 Å². The van der Waals surface area contributed by atoms with Crippen molar-refractivity contribution in [3.63, 3.8) is 0 Å². The molecule has 0 aromatic heterocycles. The van der Waals surface area contributed by atoms with Gasteiger partial charge in [0, 0.05) is 12.2 Å². The average molecular weight is 291 g/mol. The first-order chi connectivity index (χ1) is 9.77. The second-order valence-electron chi connectivity index (χ2n) is 5.84. The zero-order valence-corrected chi connectivity index (χ0v) is 13.4. The van der Waals surface area contributed by atoms with Crippen LogP contribution in [0.1, 0.15) is 31.9 Å². The summed E-state index contributed by atoms with van der Waals surface area (Å²) in [6.45, 7) is 10.3. The van der Waals surface area contributed by atoms with Crippen LogP contribution >= 0.6 is 0 Å². The molecule has 21 heavy (non-hydrogen) atoms. The fourth-order valence-electron chi connectivity index (χ4n) is 1.93. The van der Waals surface area contributed by atoms with E-state index in [1.165, 1.54) is 0 Å². The second-order valence-corrected chi connectivity index (χ2v) is 5.84. The third-order valence-electron chi connectivity index (χ3n) is 2.91. The van der Waals surface area contributed by atoms with Gasteiger partial charge < -0.3 is 10.6 Å². The molecule has 0 aliphatic carbocycles. The number of hydrogen-bond donors (Lipinski definition) is 3. The molecule has 1 aromatic rings. The predicted molar refractivity (Wildman–Crippen MR) is 85.4 cm³/mol. The number of nitrogens with one attached hydrogen (secondary N) is 3. The summed E-state index contributed by atoms with van der Waals surface area (Å²) in [4.78, 5) is 23.5. The molecular formula is C16H25N3O2. The first-order valence-corrected chi connectivity index (χ1v) is 7.21. The Morgan fingerprint density at radius 3 is 2.14 bits per heavy atom. The van der Waals surface area contributed by atoms with Crippen molar-refractivity contribution in [2.45, 2.75) is 40.7 Å². The Morgan fingerprint density at radius 2 is 1.62 bits per heavy atom. The van der Waals surface area contributed by atoms with E-state index < -0.39 is 12.1 Å². The number of urea groups is 1. The summed E-state index contributed by atoms with van der Waals surface area (Å²) in [6, 6.07) is 5.05. The summed E-state index contributed by atoms with van der Waals surface area (Å²) < 4.78 is 0. The van der Waals surface area contributed by atoms with E-state index in [1.54, 1.807) is 6.92 Å². The molecule has 3 amide bonds. The first kappa shape index (κ1) is 17.0. The zero-order chi connectivity index (χ0) is 16.0. The van der Waals surface area contributed by atoms with Crippen LogP contribution in [-0.4, -0.2) is 24.5 Å². The molecule has 0 spiro atoms. The Labute approximate surface area is 126 Å². The van der Waals surface area contributed by atoms with E-state index in [9.17, 15) is 9.59 Å². The number of carbonyl (C=O) groups excluding carboxylic acids is 2. The molecule has 5 heteroatoms. The van der Waals surface area contributed by atoms with Crippen LogP contribution < -0.4 is 16.0 Å². The molecule has 1 unspecified atom stereocenters. The molecule has 1 atom stereocenters. The Kier molecular flexibility index (Phi) is 6.21. The molecule has 0 bridgehead atoms.